The van der Waals surface area contributed by atoms with Crippen molar-refractivity contribution in [2.45, 2.75) is 19.4 Å². The third-order valence-electron chi connectivity index (χ3n) is 8.03. The zero-order valence-corrected chi connectivity index (χ0v) is 24.7. The number of rotatable bonds is 8. The average Bonchev–Trinajstić information content (AvgIpc) is 3.05. The number of hydrogen-bond donors (Lipinski definition) is 0. The van der Waals surface area contributed by atoms with Crippen LogP contribution in [0.1, 0.15) is 49.0 Å². The lowest BCUT2D eigenvalue weighted by Gasteiger charge is -2.38. The fraction of sp³-hybridized carbons (Fsp3) is 0.194. The number of carbonyl (C=O) groups is 2. The van der Waals surface area contributed by atoms with Crippen LogP contribution in [-0.4, -0.2) is 44.0 Å². The summed E-state index contributed by atoms with van der Waals surface area (Å²) in [5, 5.41) is 0.813. The van der Waals surface area contributed by atoms with Gasteiger partial charge in [0.15, 0.2) is 17.3 Å². The Morgan fingerprint density at radius 3 is 2.32 bits per heavy atom. The second-order valence-electron chi connectivity index (χ2n) is 10.6. The number of hydrogen-bond acceptors (Lipinski definition) is 7. The zero-order valence-electron chi connectivity index (χ0n) is 24.7. The highest BCUT2D eigenvalue weighted by atomic mass is 16.5. The van der Waals surface area contributed by atoms with Crippen LogP contribution in [0.5, 0.6) is 17.2 Å². The van der Waals surface area contributed by atoms with Gasteiger partial charge in [0.2, 0.25) is 0 Å². The minimum Gasteiger partial charge on any atom is -0.493 e. The fourth-order valence-corrected chi connectivity index (χ4v) is 5.79. The van der Waals surface area contributed by atoms with Crippen molar-refractivity contribution in [2.24, 2.45) is 0 Å². The van der Waals surface area contributed by atoms with Gasteiger partial charge in [0.25, 0.3) is 5.91 Å². The molecule has 5 aromatic rings. The average molecular weight is 590 g/mol. The molecule has 1 atom stereocenters. The molecule has 1 aliphatic heterocycles. The van der Waals surface area contributed by atoms with Crippen molar-refractivity contribution in [1.29, 1.82) is 0 Å². The Morgan fingerprint density at radius 2 is 1.57 bits per heavy atom. The molecule has 222 valence electrons. The van der Waals surface area contributed by atoms with E-state index in [-0.39, 0.29) is 18.3 Å². The Hall–Kier alpha value is -5.37. The zero-order chi connectivity index (χ0) is 30.8. The van der Waals surface area contributed by atoms with E-state index in [1.807, 2.05) is 37.3 Å². The molecule has 44 heavy (non-hydrogen) atoms. The molecule has 0 fully saturated rings. The number of nitrogens with zero attached hydrogens (tertiary/aromatic N) is 1. The van der Waals surface area contributed by atoms with Gasteiger partial charge in [-0.25, -0.2) is 4.79 Å². The van der Waals surface area contributed by atoms with Crippen molar-refractivity contribution < 1.29 is 28.2 Å². The highest BCUT2D eigenvalue weighted by molar-refractivity contribution is 6.15. The Balaban J connectivity index is 1.38. The lowest BCUT2D eigenvalue weighted by molar-refractivity contribution is 0.0586. The van der Waals surface area contributed by atoms with E-state index in [0.29, 0.717) is 52.5 Å². The van der Waals surface area contributed by atoms with E-state index in [0.717, 1.165) is 22.1 Å². The molecule has 0 radical (unpaired) electrons. The summed E-state index contributed by atoms with van der Waals surface area (Å²) in [6, 6.07) is 25.9. The number of ether oxygens (including phenoxy) is 3. The monoisotopic (exact) mass is 589 g/mol. The molecule has 1 aliphatic rings. The maximum absolute atomic E-state index is 14.3. The first-order valence-electron chi connectivity index (χ1n) is 14.3. The molecule has 0 saturated heterocycles. The summed E-state index contributed by atoms with van der Waals surface area (Å²) in [5.74, 6) is 1.13. The molecule has 0 N–H and O–H groups in total. The number of amides is 1. The van der Waals surface area contributed by atoms with Gasteiger partial charge in [-0.15, -0.1) is 0 Å². The molecule has 1 amide bonds. The van der Waals surface area contributed by atoms with Crippen LogP contribution in [0.2, 0.25) is 0 Å². The van der Waals surface area contributed by atoms with E-state index in [4.69, 9.17) is 18.6 Å². The summed E-state index contributed by atoms with van der Waals surface area (Å²) in [6.07, 6.45) is 0.577. The molecule has 1 unspecified atom stereocenters. The van der Waals surface area contributed by atoms with Crippen LogP contribution >= 0.6 is 0 Å². The summed E-state index contributed by atoms with van der Waals surface area (Å²) >= 11 is 0. The minimum atomic E-state index is -0.522. The normalized spacial score (nSPS) is 14.2. The molecule has 4 aromatic carbocycles. The SMILES string of the molecule is COc1cc2c(cc1OC)C(COc1ccc3c(C)cc(=O)oc3c1)N(C(=O)c1ccccc1C(=O)c1ccccc1)CC2. The minimum absolute atomic E-state index is 0.102. The van der Waals surface area contributed by atoms with Crippen LogP contribution in [0.3, 0.4) is 0 Å². The quantitative estimate of drug-likeness (QED) is 0.158. The number of aryl methyl sites for hydroxylation is 1. The number of carbonyl (C=O) groups excluding carboxylic acids is 2. The van der Waals surface area contributed by atoms with E-state index in [1.54, 1.807) is 73.7 Å². The van der Waals surface area contributed by atoms with E-state index in [2.05, 4.69) is 0 Å². The first-order valence-corrected chi connectivity index (χ1v) is 14.3. The van der Waals surface area contributed by atoms with Crippen LogP contribution in [0, 0.1) is 6.92 Å². The van der Waals surface area contributed by atoms with Crippen molar-refractivity contribution in [1.82, 2.24) is 4.90 Å². The lowest BCUT2D eigenvalue weighted by Crippen LogP contribution is -2.43. The van der Waals surface area contributed by atoms with Gasteiger partial charge in [-0.2, -0.15) is 0 Å². The first-order chi connectivity index (χ1) is 21.4. The van der Waals surface area contributed by atoms with E-state index >= 15 is 0 Å². The highest BCUT2D eigenvalue weighted by Crippen LogP contribution is 2.39. The summed E-state index contributed by atoms with van der Waals surface area (Å²) < 4.78 is 22.9. The van der Waals surface area contributed by atoms with E-state index in [1.165, 1.54) is 6.07 Å². The van der Waals surface area contributed by atoms with Crippen molar-refractivity contribution in [3.05, 3.63) is 135 Å². The Labute approximate surface area is 254 Å². The number of methoxy groups -OCH3 is 2. The molecule has 0 saturated carbocycles. The topological polar surface area (TPSA) is 95.3 Å². The fourth-order valence-electron chi connectivity index (χ4n) is 5.79. The van der Waals surface area contributed by atoms with Crippen molar-refractivity contribution in [2.75, 3.05) is 27.4 Å². The molecular weight excluding hydrogens is 558 g/mol. The maximum Gasteiger partial charge on any atom is 0.336 e. The molecule has 2 heterocycles. The van der Waals surface area contributed by atoms with Gasteiger partial charge >= 0.3 is 5.63 Å². The van der Waals surface area contributed by atoms with Crippen LogP contribution in [0.15, 0.2) is 100 Å². The van der Waals surface area contributed by atoms with Gasteiger partial charge in [0.1, 0.15) is 17.9 Å². The van der Waals surface area contributed by atoms with Gasteiger partial charge in [0.05, 0.1) is 25.8 Å². The summed E-state index contributed by atoms with van der Waals surface area (Å²) in [7, 11) is 3.15. The van der Waals surface area contributed by atoms with Gasteiger partial charge in [-0.05, 0) is 60.4 Å². The predicted octanol–water partition coefficient (Wildman–Crippen LogP) is 6.17. The van der Waals surface area contributed by atoms with Crippen molar-refractivity contribution in [3.8, 4) is 17.2 Å². The molecule has 1 aromatic heterocycles. The number of benzene rings is 4. The van der Waals surface area contributed by atoms with Gasteiger partial charge in [0, 0.05) is 35.2 Å². The second-order valence-corrected chi connectivity index (χ2v) is 10.6. The Morgan fingerprint density at radius 1 is 0.864 bits per heavy atom. The van der Waals surface area contributed by atoms with Crippen LogP contribution in [0.4, 0.5) is 0 Å². The van der Waals surface area contributed by atoms with Gasteiger partial charge in [-0.3, -0.25) is 9.59 Å². The largest absolute Gasteiger partial charge is 0.493 e. The second kappa shape index (κ2) is 12.1. The number of fused-ring (bicyclic) bond motifs is 2. The van der Waals surface area contributed by atoms with Crippen LogP contribution in [0.25, 0.3) is 11.0 Å². The molecule has 8 nitrogen and oxygen atoms in total. The van der Waals surface area contributed by atoms with Crippen molar-refractivity contribution >= 4 is 22.7 Å². The van der Waals surface area contributed by atoms with Crippen LogP contribution in [-0.2, 0) is 6.42 Å². The molecule has 0 spiro atoms. The maximum atomic E-state index is 14.3. The molecule has 8 heteroatoms. The first kappa shape index (κ1) is 28.7. The molecular formula is C36H31NO7. The van der Waals surface area contributed by atoms with E-state index < -0.39 is 11.7 Å². The molecule has 6 rings (SSSR count). The van der Waals surface area contributed by atoms with Gasteiger partial charge < -0.3 is 23.5 Å². The predicted molar refractivity (Wildman–Crippen MR) is 166 cm³/mol. The Kier molecular flexibility index (Phi) is 7.89. The summed E-state index contributed by atoms with van der Waals surface area (Å²) in [5.41, 5.74) is 3.82. The third-order valence-corrected chi connectivity index (χ3v) is 8.03. The molecule has 0 bridgehead atoms. The van der Waals surface area contributed by atoms with Crippen LogP contribution < -0.4 is 19.8 Å². The van der Waals surface area contributed by atoms with Crippen molar-refractivity contribution in [3.63, 3.8) is 0 Å². The molecule has 0 aliphatic carbocycles. The standard InChI is InChI=1S/C36H31NO7/c1-22-17-34(38)44-31-19-25(13-14-26(22)31)43-21-30-29-20-33(42-3)32(41-2)18-24(29)15-16-37(30)36(40)28-12-8-7-11-27(28)35(39)23-9-5-4-6-10-23/h4-14,17-20,30H,15-16,21H2,1-3H3. The lowest BCUT2D eigenvalue weighted by atomic mass is 9.90. The van der Waals surface area contributed by atoms with Gasteiger partial charge in [-0.1, -0.05) is 48.5 Å². The number of ketones is 1. The highest BCUT2D eigenvalue weighted by Gasteiger charge is 2.35. The smallest absolute Gasteiger partial charge is 0.336 e. The summed E-state index contributed by atoms with van der Waals surface area (Å²) in [4.78, 5) is 41.6. The Bertz CT molecular complexity index is 1930. The summed E-state index contributed by atoms with van der Waals surface area (Å²) in [6.45, 7) is 2.35. The third kappa shape index (κ3) is 5.42. The van der Waals surface area contributed by atoms with E-state index in [9.17, 15) is 14.4 Å².